The molecule has 1 heterocycles. The summed E-state index contributed by atoms with van der Waals surface area (Å²) in [6.45, 7) is 9.85. The molecule has 1 aliphatic heterocycles. The highest BCUT2D eigenvalue weighted by Crippen LogP contribution is 2.41. The van der Waals surface area contributed by atoms with E-state index in [-0.39, 0.29) is 0 Å². The lowest BCUT2D eigenvalue weighted by molar-refractivity contribution is 0.0745. The molecule has 2 aliphatic rings. The zero-order valence-electron chi connectivity index (χ0n) is 13.9. The number of rotatable bonds is 4. The van der Waals surface area contributed by atoms with Crippen LogP contribution in [0.3, 0.4) is 0 Å². The molecule has 0 bridgehead atoms. The average molecular weight is 282 g/mol. The number of aliphatic hydroxyl groups is 1. The monoisotopic (exact) mass is 282 g/mol. The maximum Gasteiger partial charge on any atom is 0.0586 e. The quantitative estimate of drug-likeness (QED) is 0.831. The van der Waals surface area contributed by atoms with E-state index < -0.39 is 0 Å². The van der Waals surface area contributed by atoms with Crippen molar-refractivity contribution in [1.29, 1.82) is 0 Å². The molecule has 3 heteroatoms. The Labute approximate surface area is 125 Å². The Morgan fingerprint density at radius 2 is 1.95 bits per heavy atom. The Hall–Kier alpha value is -0.120. The highest BCUT2D eigenvalue weighted by Gasteiger charge is 2.37. The lowest BCUT2D eigenvalue weighted by atomic mass is 9.67. The van der Waals surface area contributed by atoms with Gasteiger partial charge in [-0.1, -0.05) is 20.8 Å². The van der Waals surface area contributed by atoms with Crippen molar-refractivity contribution in [3.8, 4) is 0 Å². The van der Waals surface area contributed by atoms with Gasteiger partial charge in [0.25, 0.3) is 0 Å². The van der Waals surface area contributed by atoms with Gasteiger partial charge in [-0.2, -0.15) is 0 Å². The van der Waals surface area contributed by atoms with E-state index in [1.165, 1.54) is 45.2 Å². The summed E-state index contributed by atoms with van der Waals surface area (Å²) in [5, 5.41) is 13.1. The number of likely N-dealkylation sites (tertiary alicyclic amines) is 1. The molecule has 2 N–H and O–H groups in total. The fraction of sp³-hybridized carbons (Fsp3) is 1.00. The number of hydrogen-bond acceptors (Lipinski definition) is 3. The summed E-state index contributed by atoms with van der Waals surface area (Å²) >= 11 is 0. The molecule has 0 aromatic rings. The van der Waals surface area contributed by atoms with Crippen molar-refractivity contribution < 1.29 is 5.11 Å². The van der Waals surface area contributed by atoms with Gasteiger partial charge in [-0.05, 0) is 62.9 Å². The first-order valence-electron chi connectivity index (χ1n) is 8.48. The van der Waals surface area contributed by atoms with Crippen molar-refractivity contribution in [1.82, 2.24) is 10.2 Å². The third-order valence-electron chi connectivity index (χ3n) is 5.76. The van der Waals surface area contributed by atoms with E-state index in [0.29, 0.717) is 24.1 Å². The van der Waals surface area contributed by atoms with Crippen LogP contribution in [0, 0.1) is 17.3 Å². The molecular weight excluding hydrogens is 248 g/mol. The third kappa shape index (κ3) is 3.75. The molecule has 1 aliphatic carbocycles. The molecule has 20 heavy (non-hydrogen) atoms. The minimum Gasteiger partial charge on any atom is -0.395 e. The molecule has 0 radical (unpaired) electrons. The molecule has 1 saturated heterocycles. The molecule has 0 spiro atoms. The van der Waals surface area contributed by atoms with Crippen LogP contribution in [-0.4, -0.2) is 48.8 Å². The third-order valence-corrected chi connectivity index (χ3v) is 5.76. The van der Waals surface area contributed by atoms with Crippen LogP contribution in [0.5, 0.6) is 0 Å². The van der Waals surface area contributed by atoms with Crippen LogP contribution in [0.25, 0.3) is 0 Å². The molecule has 0 aromatic carbocycles. The predicted molar refractivity (Wildman–Crippen MR) is 84.8 cm³/mol. The highest BCUT2D eigenvalue weighted by atomic mass is 16.3. The predicted octanol–water partition coefficient (Wildman–Crippen LogP) is 2.49. The maximum absolute atomic E-state index is 9.51. The number of aliphatic hydroxyl groups excluding tert-OH is 1. The molecular formula is C17H34N2O. The van der Waals surface area contributed by atoms with E-state index in [4.69, 9.17) is 0 Å². The maximum atomic E-state index is 9.51. The zero-order valence-corrected chi connectivity index (χ0v) is 13.9. The van der Waals surface area contributed by atoms with Gasteiger partial charge in [0, 0.05) is 18.6 Å². The van der Waals surface area contributed by atoms with Crippen LogP contribution < -0.4 is 5.32 Å². The van der Waals surface area contributed by atoms with E-state index in [2.05, 4.69) is 38.0 Å². The lowest BCUT2D eigenvalue weighted by Crippen LogP contribution is -2.47. The fourth-order valence-electron chi connectivity index (χ4n) is 4.28. The molecule has 118 valence electrons. The summed E-state index contributed by atoms with van der Waals surface area (Å²) in [6, 6.07) is 1.08. The van der Waals surface area contributed by atoms with E-state index in [0.717, 1.165) is 11.8 Å². The zero-order chi connectivity index (χ0) is 14.8. The second-order valence-corrected chi connectivity index (χ2v) is 8.00. The van der Waals surface area contributed by atoms with Crippen LogP contribution in [0.1, 0.15) is 52.9 Å². The largest absolute Gasteiger partial charge is 0.395 e. The topological polar surface area (TPSA) is 35.5 Å². The van der Waals surface area contributed by atoms with Gasteiger partial charge in [-0.25, -0.2) is 0 Å². The van der Waals surface area contributed by atoms with Gasteiger partial charge in [0.1, 0.15) is 0 Å². The molecule has 4 unspecified atom stereocenters. The fourth-order valence-corrected chi connectivity index (χ4v) is 4.28. The molecule has 0 aromatic heterocycles. The van der Waals surface area contributed by atoms with Gasteiger partial charge in [0.2, 0.25) is 0 Å². The molecule has 2 fully saturated rings. The standard InChI is InChI=1S/C17H34N2O/c1-17(2,3)14-7-8-16(18-4)13(10-14)11-19-9-5-6-15(19)12-20/h13-16,18,20H,5-12H2,1-4H3. The average Bonchev–Trinajstić information content (AvgIpc) is 2.85. The Bertz CT molecular complexity index is 300. The Morgan fingerprint density at radius 3 is 2.55 bits per heavy atom. The van der Waals surface area contributed by atoms with E-state index in [9.17, 15) is 5.11 Å². The van der Waals surface area contributed by atoms with Crippen molar-refractivity contribution in [2.75, 3.05) is 26.7 Å². The Balaban J connectivity index is 1.98. The SMILES string of the molecule is CNC1CCC(C(C)(C)C)CC1CN1CCCC1CO. The lowest BCUT2D eigenvalue weighted by Gasteiger charge is -2.43. The number of nitrogens with zero attached hydrogens (tertiary/aromatic N) is 1. The summed E-state index contributed by atoms with van der Waals surface area (Å²) in [7, 11) is 2.11. The van der Waals surface area contributed by atoms with E-state index in [1.807, 2.05) is 0 Å². The summed E-state index contributed by atoms with van der Waals surface area (Å²) in [4.78, 5) is 2.54. The first kappa shape index (κ1) is 16.3. The molecule has 3 nitrogen and oxygen atoms in total. The van der Waals surface area contributed by atoms with Gasteiger partial charge in [0.05, 0.1) is 6.61 Å². The van der Waals surface area contributed by atoms with Gasteiger partial charge >= 0.3 is 0 Å². The van der Waals surface area contributed by atoms with Crippen molar-refractivity contribution in [3.05, 3.63) is 0 Å². The Morgan fingerprint density at radius 1 is 1.20 bits per heavy atom. The molecule has 4 atom stereocenters. The van der Waals surface area contributed by atoms with Crippen LogP contribution in [0.2, 0.25) is 0 Å². The first-order valence-corrected chi connectivity index (χ1v) is 8.48. The van der Waals surface area contributed by atoms with Crippen molar-refractivity contribution >= 4 is 0 Å². The Kier molecular flexibility index (Phi) is 5.49. The molecule has 1 saturated carbocycles. The van der Waals surface area contributed by atoms with Crippen molar-refractivity contribution in [2.24, 2.45) is 17.3 Å². The van der Waals surface area contributed by atoms with E-state index in [1.54, 1.807) is 0 Å². The smallest absolute Gasteiger partial charge is 0.0586 e. The summed E-state index contributed by atoms with van der Waals surface area (Å²) < 4.78 is 0. The second-order valence-electron chi connectivity index (χ2n) is 8.00. The van der Waals surface area contributed by atoms with Crippen LogP contribution in [0.4, 0.5) is 0 Å². The summed E-state index contributed by atoms with van der Waals surface area (Å²) in [6.07, 6.45) is 6.43. The molecule has 0 amide bonds. The van der Waals surface area contributed by atoms with Crippen LogP contribution in [-0.2, 0) is 0 Å². The second kappa shape index (κ2) is 6.76. The van der Waals surface area contributed by atoms with E-state index >= 15 is 0 Å². The number of hydrogen-bond donors (Lipinski definition) is 2. The van der Waals surface area contributed by atoms with Gasteiger partial charge < -0.3 is 10.4 Å². The first-order chi connectivity index (χ1) is 9.45. The normalized spacial score (nSPS) is 36.5. The van der Waals surface area contributed by atoms with Gasteiger partial charge in [-0.15, -0.1) is 0 Å². The molecule has 2 rings (SSSR count). The van der Waals surface area contributed by atoms with Crippen molar-refractivity contribution in [2.45, 2.75) is 65.0 Å². The summed E-state index contributed by atoms with van der Waals surface area (Å²) in [5.41, 5.74) is 0.429. The van der Waals surface area contributed by atoms with Crippen molar-refractivity contribution in [3.63, 3.8) is 0 Å². The number of nitrogens with one attached hydrogen (secondary N) is 1. The minimum atomic E-state index is 0.333. The van der Waals surface area contributed by atoms with Gasteiger partial charge in [-0.3, -0.25) is 4.90 Å². The highest BCUT2D eigenvalue weighted by molar-refractivity contribution is 4.91. The summed E-state index contributed by atoms with van der Waals surface area (Å²) in [5.74, 6) is 1.58. The minimum absolute atomic E-state index is 0.333. The van der Waals surface area contributed by atoms with Crippen LogP contribution in [0.15, 0.2) is 0 Å². The van der Waals surface area contributed by atoms with Crippen LogP contribution >= 0.6 is 0 Å². The van der Waals surface area contributed by atoms with Gasteiger partial charge in [0.15, 0.2) is 0 Å².